The first-order valence-corrected chi connectivity index (χ1v) is 9.85. The molecule has 1 fully saturated rings. The van der Waals surface area contributed by atoms with Crippen molar-refractivity contribution >= 4 is 11.8 Å². The van der Waals surface area contributed by atoms with Gasteiger partial charge >= 0.3 is 6.36 Å². The molecule has 1 aliphatic rings. The smallest absolute Gasteiger partial charge is 0.489 e. The zero-order valence-electron chi connectivity index (χ0n) is 16.9. The Bertz CT molecular complexity index is 908. The van der Waals surface area contributed by atoms with Crippen LogP contribution in [-0.4, -0.2) is 49.3 Å². The van der Waals surface area contributed by atoms with Gasteiger partial charge in [0, 0.05) is 33.0 Å². The molecule has 9 heteroatoms. The fourth-order valence-corrected chi connectivity index (χ4v) is 3.39. The fraction of sp³-hybridized carbons (Fsp3) is 0.364. The van der Waals surface area contributed by atoms with Gasteiger partial charge in [-0.2, -0.15) is 0 Å². The number of hydrogen-bond donors (Lipinski definition) is 1. The Hall–Kier alpha value is -3.23. The third kappa shape index (κ3) is 6.37. The van der Waals surface area contributed by atoms with E-state index in [9.17, 15) is 22.8 Å². The van der Waals surface area contributed by atoms with Gasteiger partial charge in [-0.15, -0.1) is 13.2 Å². The molecule has 31 heavy (non-hydrogen) atoms. The zero-order chi connectivity index (χ0) is 22.4. The van der Waals surface area contributed by atoms with Crippen molar-refractivity contribution in [2.24, 2.45) is 0 Å². The van der Waals surface area contributed by atoms with Crippen LogP contribution in [0.3, 0.4) is 0 Å². The van der Waals surface area contributed by atoms with Crippen LogP contribution in [0.5, 0.6) is 11.5 Å². The lowest BCUT2D eigenvalue weighted by molar-refractivity contribution is -0.274. The van der Waals surface area contributed by atoms with Crippen molar-refractivity contribution in [2.45, 2.75) is 31.7 Å². The molecule has 0 atom stereocenters. The highest BCUT2D eigenvalue weighted by Gasteiger charge is 2.31. The van der Waals surface area contributed by atoms with E-state index in [0.717, 1.165) is 0 Å². The summed E-state index contributed by atoms with van der Waals surface area (Å²) in [6.45, 7) is 1.00. The summed E-state index contributed by atoms with van der Waals surface area (Å²) in [6.07, 6.45) is -3.53. The van der Waals surface area contributed by atoms with E-state index in [4.69, 9.17) is 4.74 Å². The van der Waals surface area contributed by atoms with Gasteiger partial charge in [-0.05, 0) is 29.8 Å². The number of nitrogens with one attached hydrogen (secondary N) is 1. The number of ether oxygens (including phenoxy) is 2. The monoisotopic (exact) mass is 436 g/mol. The molecule has 0 spiro atoms. The number of rotatable bonds is 6. The summed E-state index contributed by atoms with van der Waals surface area (Å²) >= 11 is 0. The first kappa shape index (κ1) is 22.5. The highest BCUT2D eigenvalue weighted by atomic mass is 19.4. The Morgan fingerprint density at radius 1 is 1.06 bits per heavy atom. The molecule has 2 aromatic carbocycles. The summed E-state index contributed by atoms with van der Waals surface area (Å²) < 4.78 is 46.5. The van der Waals surface area contributed by atoms with Crippen molar-refractivity contribution in [2.75, 3.05) is 20.1 Å². The Morgan fingerprint density at radius 3 is 2.32 bits per heavy atom. The molecule has 0 unspecified atom stereocenters. The normalized spacial score (nSPS) is 14.8. The minimum Gasteiger partial charge on any atom is -0.489 e. The average Bonchev–Trinajstić information content (AvgIpc) is 2.74. The van der Waals surface area contributed by atoms with Gasteiger partial charge in [-0.25, -0.2) is 0 Å². The Morgan fingerprint density at radius 2 is 1.71 bits per heavy atom. The topological polar surface area (TPSA) is 67.9 Å². The number of alkyl halides is 3. The van der Waals surface area contributed by atoms with Gasteiger partial charge in [-0.3, -0.25) is 9.59 Å². The second kappa shape index (κ2) is 9.72. The lowest BCUT2D eigenvalue weighted by Gasteiger charge is -2.32. The van der Waals surface area contributed by atoms with E-state index in [2.05, 4.69) is 10.1 Å². The molecular formula is C22H23F3N2O4. The second-order valence-electron chi connectivity index (χ2n) is 7.14. The van der Waals surface area contributed by atoms with Crippen molar-refractivity contribution in [3.05, 3.63) is 59.7 Å². The minimum atomic E-state index is -4.75. The maximum atomic E-state index is 12.5. The molecular weight excluding hydrogens is 413 g/mol. The summed E-state index contributed by atoms with van der Waals surface area (Å²) in [6, 6.07) is 12.3. The molecule has 0 saturated carbocycles. The molecule has 2 aromatic rings. The third-order valence-electron chi connectivity index (χ3n) is 4.96. The van der Waals surface area contributed by atoms with Gasteiger partial charge in [0.05, 0.1) is 12.0 Å². The molecule has 2 amide bonds. The van der Waals surface area contributed by atoms with Crippen LogP contribution in [0.25, 0.3) is 0 Å². The van der Waals surface area contributed by atoms with E-state index >= 15 is 0 Å². The molecule has 1 N–H and O–H groups in total. The van der Waals surface area contributed by atoms with E-state index in [-0.39, 0.29) is 30.1 Å². The molecule has 3 rings (SSSR count). The highest BCUT2D eigenvalue weighted by molar-refractivity contribution is 5.96. The number of halogens is 3. The number of likely N-dealkylation sites (tertiary alicyclic amines) is 1. The first-order chi connectivity index (χ1) is 14.7. The average molecular weight is 436 g/mol. The van der Waals surface area contributed by atoms with Gasteiger partial charge in [0.25, 0.3) is 5.91 Å². The quantitative estimate of drug-likeness (QED) is 0.752. The number of piperidine rings is 1. The lowest BCUT2D eigenvalue weighted by Crippen LogP contribution is -2.42. The molecule has 1 aliphatic heterocycles. The number of nitrogens with zero attached hydrogens (tertiary/aromatic N) is 1. The maximum absolute atomic E-state index is 12.5. The minimum absolute atomic E-state index is 0.0946. The number of para-hydroxylation sites is 1. The van der Waals surface area contributed by atoms with E-state index < -0.39 is 6.36 Å². The van der Waals surface area contributed by atoms with E-state index in [1.165, 1.54) is 24.3 Å². The van der Waals surface area contributed by atoms with Crippen molar-refractivity contribution in [3.63, 3.8) is 0 Å². The third-order valence-corrected chi connectivity index (χ3v) is 4.96. The molecule has 0 aromatic heterocycles. The summed E-state index contributed by atoms with van der Waals surface area (Å²) in [5, 5.41) is 2.58. The predicted octanol–water partition coefficient (Wildman–Crippen LogP) is 3.56. The van der Waals surface area contributed by atoms with Gasteiger partial charge in [0.15, 0.2) is 0 Å². The standard InChI is InChI=1S/C22H23F3N2O4/c1-26-21(29)18-4-2-3-5-19(18)30-16-10-12-27(13-11-16)20(28)14-15-6-8-17(9-7-15)31-22(23,24)25/h2-9,16H,10-14H2,1H3,(H,26,29). The van der Waals surface area contributed by atoms with Crippen LogP contribution in [0.2, 0.25) is 0 Å². The van der Waals surface area contributed by atoms with Crippen LogP contribution < -0.4 is 14.8 Å². The van der Waals surface area contributed by atoms with E-state index in [1.807, 2.05) is 0 Å². The Kier molecular flexibility index (Phi) is 7.04. The maximum Gasteiger partial charge on any atom is 0.573 e. The van der Waals surface area contributed by atoms with Crippen molar-refractivity contribution in [1.82, 2.24) is 10.2 Å². The van der Waals surface area contributed by atoms with Crippen LogP contribution in [0.15, 0.2) is 48.5 Å². The van der Waals surface area contributed by atoms with Gasteiger partial charge in [-0.1, -0.05) is 24.3 Å². The SMILES string of the molecule is CNC(=O)c1ccccc1OC1CCN(C(=O)Cc2ccc(OC(F)(F)F)cc2)CC1. The highest BCUT2D eigenvalue weighted by Crippen LogP contribution is 2.25. The summed E-state index contributed by atoms with van der Waals surface area (Å²) in [5.41, 5.74) is 1.07. The van der Waals surface area contributed by atoms with Crippen molar-refractivity contribution in [1.29, 1.82) is 0 Å². The van der Waals surface area contributed by atoms with Gasteiger partial charge < -0.3 is 19.7 Å². The molecule has 0 bridgehead atoms. The number of carbonyl (C=O) groups is 2. The fourth-order valence-electron chi connectivity index (χ4n) is 3.39. The van der Waals surface area contributed by atoms with Crippen LogP contribution in [0, 0.1) is 0 Å². The number of hydrogen-bond acceptors (Lipinski definition) is 4. The molecule has 166 valence electrons. The second-order valence-corrected chi connectivity index (χ2v) is 7.14. The number of benzene rings is 2. The summed E-state index contributed by atoms with van der Waals surface area (Å²) in [5.74, 6) is -0.143. The Labute approximate surface area is 177 Å². The molecule has 0 aliphatic carbocycles. The van der Waals surface area contributed by atoms with Crippen molar-refractivity contribution in [3.8, 4) is 11.5 Å². The van der Waals surface area contributed by atoms with E-state index in [1.54, 1.807) is 36.2 Å². The van der Waals surface area contributed by atoms with Crippen LogP contribution in [0.1, 0.15) is 28.8 Å². The first-order valence-electron chi connectivity index (χ1n) is 9.85. The van der Waals surface area contributed by atoms with Gasteiger partial charge in [0.1, 0.15) is 17.6 Å². The van der Waals surface area contributed by atoms with E-state index in [0.29, 0.717) is 42.8 Å². The van der Waals surface area contributed by atoms with Crippen LogP contribution >= 0.6 is 0 Å². The molecule has 1 saturated heterocycles. The summed E-state index contributed by atoms with van der Waals surface area (Å²) in [4.78, 5) is 26.2. The number of carbonyl (C=O) groups excluding carboxylic acids is 2. The lowest BCUT2D eigenvalue weighted by atomic mass is 10.1. The van der Waals surface area contributed by atoms with Crippen LogP contribution in [0.4, 0.5) is 13.2 Å². The Balaban J connectivity index is 1.51. The van der Waals surface area contributed by atoms with Gasteiger partial charge in [0.2, 0.25) is 5.91 Å². The number of amides is 2. The zero-order valence-corrected chi connectivity index (χ0v) is 16.9. The largest absolute Gasteiger partial charge is 0.573 e. The molecule has 0 radical (unpaired) electrons. The molecule has 1 heterocycles. The molecule has 6 nitrogen and oxygen atoms in total. The van der Waals surface area contributed by atoms with Crippen molar-refractivity contribution < 1.29 is 32.2 Å². The predicted molar refractivity (Wildman–Crippen MR) is 107 cm³/mol. The van der Waals surface area contributed by atoms with Crippen LogP contribution in [-0.2, 0) is 11.2 Å². The summed E-state index contributed by atoms with van der Waals surface area (Å²) in [7, 11) is 1.56.